The Hall–Kier alpha value is -3.41. The molecule has 0 saturated heterocycles. The van der Waals surface area contributed by atoms with Crippen molar-refractivity contribution in [3.8, 4) is 16.8 Å². The highest BCUT2D eigenvalue weighted by Crippen LogP contribution is 2.41. The number of nitrogens with zero attached hydrogens (tertiary/aromatic N) is 1. The Balaban J connectivity index is 1.93. The van der Waals surface area contributed by atoms with Crippen LogP contribution in [0.5, 0.6) is 0 Å². The van der Waals surface area contributed by atoms with Gasteiger partial charge >= 0.3 is 0 Å². The molecular formula is C25H16F5N. The Bertz CT molecular complexity index is 1370. The largest absolute Gasteiger partial charge is 0.306 e. The van der Waals surface area contributed by atoms with Gasteiger partial charge in [0.05, 0.1) is 11.2 Å². The maximum Gasteiger partial charge on any atom is 0.198 e. The molecule has 6 heteroatoms. The van der Waals surface area contributed by atoms with E-state index in [1.807, 2.05) is 30.4 Å². The van der Waals surface area contributed by atoms with Crippen molar-refractivity contribution in [1.29, 1.82) is 0 Å². The molecule has 0 radical (unpaired) electrons. The summed E-state index contributed by atoms with van der Waals surface area (Å²) in [5.41, 5.74) is 1.39. The molecule has 0 N–H and O–H groups in total. The average Bonchev–Trinajstić information content (AvgIpc) is 3.11. The second-order valence-electron chi connectivity index (χ2n) is 7.55. The molecule has 4 aromatic rings. The summed E-state index contributed by atoms with van der Waals surface area (Å²) in [4.78, 5) is 0. The van der Waals surface area contributed by atoms with Crippen molar-refractivity contribution in [2.45, 2.75) is 19.8 Å². The second kappa shape index (κ2) is 7.08. The number of aromatic nitrogens is 1. The first-order valence-electron chi connectivity index (χ1n) is 9.82. The molecule has 3 aromatic carbocycles. The van der Waals surface area contributed by atoms with Gasteiger partial charge in [0, 0.05) is 22.2 Å². The van der Waals surface area contributed by atoms with Crippen LogP contribution in [0.4, 0.5) is 22.0 Å². The van der Waals surface area contributed by atoms with Gasteiger partial charge in [0.15, 0.2) is 23.3 Å². The lowest BCUT2D eigenvalue weighted by molar-refractivity contribution is 0.407. The standard InChI is InChI=1S/C25H16F5N/c1-13-20(22(28)24(30)23(29)21(13)27)16-9-6-10-17(26)25(16)31-18-11-4-2-7-14(18)15-8-3-5-12-19(15)31/h2,4-7,9-12H,3,8H2,1H3. The Labute approximate surface area is 175 Å². The zero-order valence-electron chi connectivity index (χ0n) is 16.4. The van der Waals surface area contributed by atoms with Gasteiger partial charge in [0.1, 0.15) is 5.82 Å². The fourth-order valence-corrected chi connectivity index (χ4v) is 4.43. The predicted octanol–water partition coefficient (Wildman–Crippen LogP) is 7.26. The SMILES string of the molecule is Cc1c(F)c(F)c(F)c(F)c1-c1cccc(F)c1-n1c2c(c3ccccc31)CCC=C2. The number of aryl methyl sites for hydroxylation is 1. The molecule has 0 atom stereocenters. The highest BCUT2D eigenvalue weighted by molar-refractivity contribution is 5.92. The van der Waals surface area contributed by atoms with Crippen LogP contribution in [0.1, 0.15) is 23.2 Å². The van der Waals surface area contributed by atoms with E-state index in [4.69, 9.17) is 0 Å². The third-order valence-electron chi connectivity index (χ3n) is 5.84. The van der Waals surface area contributed by atoms with Gasteiger partial charge in [0.2, 0.25) is 0 Å². The van der Waals surface area contributed by atoms with Gasteiger partial charge in [-0.15, -0.1) is 0 Å². The minimum Gasteiger partial charge on any atom is -0.306 e. The highest BCUT2D eigenvalue weighted by Gasteiger charge is 2.28. The van der Waals surface area contributed by atoms with E-state index in [9.17, 15) is 17.6 Å². The second-order valence-corrected chi connectivity index (χ2v) is 7.55. The van der Waals surface area contributed by atoms with Gasteiger partial charge < -0.3 is 4.57 Å². The lowest BCUT2D eigenvalue weighted by atomic mass is 9.96. The van der Waals surface area contributed by atoms with Crippen LogP contribution in [0.2, 0.25) is 0 Å². The van der Waals surface area contributed by atoms with Crippen LogP contribution in [0.15, 0.2) is 48.5 Å². The van der Waals surface area contributed by atoms with Gasteiger partial charge in [-0.25, -0.2) is 22.0 Å². The molecule has 0 aliphatic heterocycles. The summed E-state index contributed by atoms with van der Waals surface area (Å²) in [7, 11) is 0. The van der Waals surface area contributed by atoms with Gasteiger partial charge in [-0.3, -0.25) is 0 Å². The Morgan fingerprint density at radius 1 is 0.806 bits per heavy atom. The number of para-hydroxylation sites is 2. The molecule has 0 saturated carbocycles. The summed E-state index contributed by atoms with van der Waals surface area (Å²) < 4.78 is 74.0. The zero-order chi connectivity index (χ0) is 21.9. The van der Waals surface area contributed by atoms with E-state index in [0.29, 0.717) is 5.52 Å². The third kappa shape index (κ3) is 2.74. The first-order valence-corrected chi connectivity index (χ1v) is 9.82. The van der Waals surface area contributed by atoms with Crippen molar-refractivity contribution >= 4 is 17.0 Å². The van der Waals surface area contributed by atoms with Crippen LogP contribution in [0, 0.1) is 36.0 Å². The number of halogens is 5. The van der Waals surface area contributed by atoms with E-state index in [1.165, 1.54) is 18.2 Å². The molecule has 0 amide bonds. The van der Waals surface area contributed by atoms with Crippen LogP contribution in [-0.4, -0.2) is 4.57 Å². The molecule has 1 nitrogen and oxygen atoms in total. The van der Waals surface area contributed by atoms with Gasteiger partial charge in [-0.05, 0) is 49.1 Å². The number of fused-ring (bicyclic) bond motifs is 3. The van der Waals surface area contributed by atoms with Crippen molar-refractivity contribution in [2.24, 2.45) is 0 Å². The summed E-state index contributed by atoms with van der Waals surface area (Å²) in [5.74, 6) is -7.55. The molecule has 0 spiro atoms. The summed E-state index contributed by atoms with van der Waals surface area (Å²) in [5, 5.41) is 0.921. The quantitative estimate of drug-likeness (QED) is 0.181. The maximum absolute atomic E-state index is 15.3. The molecule has 0 fully saturated rings. The van der Waals surface area contributed by atoms with E-state index in [1.54, 1.807) is 10.6 Å². The number of rotatable bonds is 2. The number of hydrogen-bond acceptors (Lipinski definition) is 0. The molecule has 1 aromatic heterocycles. The average molecular weight is 425 g/mol. The Morgan fingerprint density at radius 3 is 2.35 bits per heavy atom. The van der Waals surface area contributed by atoms with Crippen molar-refractivity contribution in [2.75, 3.05) is 0 Å². The monoisotopic (exact) mass is 425 g/mol. The van der Waals surface area contributed by atoms with Crippen molar-refractivity contribution in [3.63, 3.8) is 0 Å². The number of allylic oxidation sites excluding steroid dienone is 1. The molecule has 1 aliphatic rings. The fourth-order valence-electron chi connectivity index (χ4n) is 4.43. The van der Waals surface area contributed by atoms with E-state index in [2.05, 4.69) is 0 Å². The van der Waals surface area contributed by atoms with Crippen LogP contribution in [0.25, 0.3) is 33.8 Å². The smallest absolute Gasteiger partial charge is 0.198 e. The lowest BCUT2D eigenvalue weighted by Crippen LogP contribution is -2.08. The summed E-state index contributed by atoms with van der Waals surface area (Å²) in [6.07, 6.45) is 5.40. The predicted molar refractivity (Wildman–Crippen MR) is 111 cm³/mol. The molecule has 0 unspecified atom stereocenters. The van der Waals surface area contributed by atoms with Crippen molar-refractivity contribution in [3.05, 3.63) is 94.4 Å². The first-order chi connectivity index (χ1) is 14.9. The molecule has 156 valence electrons. The van der Waals surface area contributed by atoms with Gasteiger partial charge in [0.25, 0.3) is 0 Å². The van der Waals surface area contributed by atoms with E-state index >= 15 is 4.39 Å². The Morgan fingerprint density at radius 2 is 1.55 bits per heavy atom. The molecule has 0 bridgehead atoms. The van der Waals surface area contributed by atoms with Crippen LogP contribution in [-0.2, 0) is 6.42 Å². The van der Waals surface area contributed by atoms with Gasteiger partial charge in [-0.2, -0.15) is 0 Å². The van der Waals surface area contributed by atoms with Crippen LogP contribution in [0.3, 0.4) is 0 Å². The molecule has 1 aliphatic carbocycles. The third-order valence-corrected chi connectivity index (χ3v) is 5.84. The molecular weight excluding hydrogens is 409 g/mol. The van der Waals surface area contributed by atoms with Crippen molar-refractivity contribution in [1.82, 2.24) is 4.57 Å². The normalized spacial score (nSPS) is 13.1. The Kier molecular flexibility index (Phi) is 4.46. The van der Waals surface area contributed by atoms with Crippen LogP contribution >= 0.6 is 0 Å². The molecule has 31 heavy (non-hydrogen) atoms. The number of hydrogen-bond donors (Lipinski definition) is 0. The van der Waals surface area contributed by atoms with Crippen LogP contribution < -0.4 is 0 Å². The summed E-state index contributed by atoms with van der Waals surface area (Å²) in [6, 6.07) is 11.3. The van der Waals surface area contributed by atoms with E-state index in [0.717, 1.165) is 36.4 Å². The topological polar surface area (TPSA) is 4.93 Å². The van der Waals surface area contributed by atoms with E-state index in [-0.39, 0.29) is 11.3 Å². The highest BCUT2D eigenvalue weighted by atomic mass is 19.2. The molecule has 1 heterocycles. The zero-order valence-corrected chi connectivity index (χ0v) is 16.4. The maximum atomic E-state index is 15.3. The number of benzene rings is 3. The molecule has 5 rings (SSSR count). The van der Waals surface area contributed by atoms with Gasteiger partial charge in [-0.1, -0.05) is 36.4 Å². The minimum atomic E-state index is -1.92. The minimum absolute atomic E-state index is 0.0427. The first kappa shape index (κ1) is 19.5. The lowest BCUT2D eigenvalue weighted by Gasteiger charge is -2.19. The summed E-state index contributed by atoms with van der Waals surface area (Å²) in [6.45, 7) is 1.15. The fraction of sp³-hybridized carbons (Fsp3) is 0.120. The van der Waals surface area contributed by atoms with Crippen molar-refractivity contribution < 1.29 is 22.0 Å². The summed E-state index contributed by atoms with van der Waals surface area (Å²) >= 11 is 0. The van der Waals surface area contributed by atoms with E-state index < -0.39 is 40.2 Å².